The predicted molar refractivity (Wildman–Crippen MR) is 184 cm³/mol. The van der Waals surface area contributed by atoms with Crippen LogP contribution in [-0.2, 0) is 49.2 Å². The van der Waals surface area contributed by atoms with E-state index in [2.05, 4.69) is 19.1 Å². The zero-order valence-corrected chi connectivity index (χ0v) is 27.8. The second-order valence-electron chi connectivity index (χ2n) is 12.1. The molecule has 6 nitrogen and oxygen atoms in total. The molecular formula is C40H39FO6S. The summed E-state index contributed by atoms with van der Waals surface area (Å²) in [5, 5.41) is 10.8. The summed E-state index contributed by atoms with van der Waals surface area (Å²) in [7, 11) is 1.54. The van der Waals surface area contributed by atoms with Gasteiger partial charge in [-0.25, -0.2) is 4.39 Å². The number of halogens is 1. The Morgan fingerprint density at radius 3 is 2.19 bits per heavy atom. The third-order valence-corrected chi connectivity index (χ3v) is 10.1. The topological polar surface area (TPSA) is 74.2 Å². The zero-order valence-electron chi connectivity index (χ0n) is 27.0. The maximum atomic E-state index is 13.5. The Balaban J connectivity index is 1.32. The lowest BCUT2D eigenvalue weighted by Crippen LogP contribution is -2.65. The van der Waals surface area contributed by atoms with Gasteiger partial charge in [0, 0.05) is 35.3 Å². The zero-order chi connectivity index (χ0) is 33.6. The van der Waals surface area contributed by atoms with E-state index in [1.54, 1.807) is 30.6 Å². The van der Waals surface area contributed by atoms with Gasteiger partial charge in [0.2, 0.25) is 0 Å². The first kappa shape index (κ1) is 33.9. The predicted octanol–water partition coefficient (Wildman–Crippen LogP) is 7.77. The van der Waals surface area contributed by atoms with E-state index in [0.717, 1.165) is 37.6 Å². The molecule has 48 heavy (non-hydrogen) atoms. The number of aldehydes is 1. The van der Waals surface area contributed by atoms with Gasteiger partial charge >= 0.3 is 0 Å². The summed E-state index contributed by atoms with van der Waals surface area (Å²) in [5.41, 5.74) is 3.92. The van der Waals surface area contributed by atoms with Crippen molar-refractivity contribution in [3.05, 3.63) is 154 Å². The first-order valence-electron chi connectivity index (χ1n) is 16.0. The van der Waals surface area contributed by atoms with Gasteiger partial charge < -0.3 is 24.1 Å². The van der Waals surface area contributed by atoms with Crippen molar-refractivity contribution in [2.24, 2.45) is 0 Å². The molecule has 0 radical (unpaired) electrons. The van der Waals surface area contributed by atoms with Crippen molar-refractivity contribution >= 4 is 17.6 Å². The van der Waals surface area contributed by atoms with E-state index in [1.165, 1.54) is 12.1 Å². The summed E-state index contributed by atoms with van der Waals surface area (Å²) in [6.07, 6.45) is -0.122. The highest BCUT2D eigenvalue weighted by Gasteiger charge is 2.58. The maximum Gasteiger partial charge on any atom is 0.198 e. The number of carbonyl (C=O) groups excluding carboxylic acids is 1. The number of methoxy groups -OCH3 is 1. The van der Waals surface area contributed by atoms with Gasteiger partial charge in [0.1, 0.15) is 11.9 Å². The summed E-state index contributed by atoms with van der Waals surface area (Å²) in [6, 6.07) is 36.1. The van der Waals surface area contributed by atoms with Crippen molar-refractivity contribution in [3.63, 3.8) is 0 Å². The van der Waals surface area contributed by atoms with E-state index in [-0.39, 0.29) is 25.5 Å². The molecule has 2 heterocycles. The van der Waals surface area contributed by atoms with Gasteiger partial charge in [0.05, 0.1) is 25.9 Å². The number of hydrogen-bond acceptors (Lipinski definition) is 7. The van der Waals surface area contributed by atoms with Crippen molar-refractivity contribution < 1.29 is 33.2 Å². The Morgan fingerprint density at radius 1 is 0.896 bits per heavy atom. The van der Waals surface area contributed by atoms with Gasteiger partial charge in [-0.1, -0.05) is 84.9 Å². The summed E-state index contributed by atoms with van der Waals surface area (Å²) in [5.74, 6) is -1.68. The molecule has 0 saturated carbocycles. The molecule has 0 amide bonds. The van der Waals surface area contributed by atoms with Crippen LogP contribution in [-0.4, -0.2) is 42.9 Å². The highest BCUT2D eigenvalue weighted by atomic mass is 32.1. The average molecular weight is 667 g/mol. The van der Waals surface area contributed by atoms with Gasteiger partial charge in [0.15, 0.2) is 17.7 Å². The first-order chi connectivity index (χ1) is 23.4. The van der Waals surface area contributed by atoms with E-state index in [1.807, 2.05) is 78.9 Å². The van der Waals surface area contributed by atoms with E-state index < -0.39 is 30.2 Å². The first-order valence-corrected chi connectivity index (χ1v) is 16.8. The lowest BCUT2D eigenvalue weighted by Gasteiger charge is -2.51. The van der Waals surface area contributed by atoms with Crippen LogP contribution in [0.25, 0.3) is 10.4 Å². The molecule has 8 heteroatoms. The molecule has 6 rings (SSSR count). The molecule has 4 atom stereocenters. The number of rotatable bonds is 13. The minimum Gasteiger partial charge on any atom is -0.393 e. The number of benzene rings is 4. The van der Waals surface area contributed by atoms with Gasteiger partial charge in [-0.05, 0) is 65.1 Å². The standard InChI is InChI=1S/C40H39FO6S/c1-28-13-16-33(21-32(28)22-35-19-20-37(48-35)31-14-17-34(41)18-15-31)40(44-2)23-36(45-24-29-9-5-3-6-10-29)38(39(26-42,27-43)47-40)46-25-30-11-7-4-8-12-30/h3-21,26,36,38,43H,22-25,27H2,1-2H3/t36?,38-,39-,40+/m0/s1. The second kappa shape index (κ2) is 15.0. The fourth-order valence-corrected chi connectivity index (χ4v) is 7.26. The number of aliphatic hydroxyl groups excluding tert-OH is 1. The monoisotopic (exact) mass is 666 g/mol. The Labute approximate surface area is 284 Å². The number of hydrogen-bond donors (Lipinski definition) is 1. The van der Waals surface area contributed by atoms with Crippen molar-refractivity contribution in [2.45, 2.75) is 56.6 Å². The number of ether oxygens (including phenoxy) is 4. The summed E-state index contributed by atoms with van der Waals surface area (Å²) < 4.78 is 39.2. The van der Waals surface area contributed by atoms with Crippen LogP contribution in [0, 0.1) is 12.7 Å². The van der Waals surface area contributed by atoms with E-state index in [4.69, 9.17) is 18.9 Å². The minimum absolute atomic E-state index is 0.199. The second-order valence-corrected chi connectivity index (χ2v) is 13.3. The quantitative estimate of drug-likeness (QED) is 0.130. The molecule has 5 aromatic rings. The Morgan fingerprint density at radius 2 is 1.56 bits per heavy atom. The molecule has 1 fully saturated rings. The molecule has 0 aliphatic carbocycles. The molecule has 1 aliphatic heterocycles. The van der Waals surface area contributed by atoms with Gasteiger partial charge in [0.25, 0.3) is 0 Å². The molecule has 0 spiro atoms. The molecule has 1 aromatic heterocycles. The number of aliphatic hydroxyl groups is 1. The summed E-state index contributed by atoms with van der Waals surface area (Å²) >= 11 is 1.66. The lowest BCUT2D eigenvalue weighted by atomic mass is 9.82. The van der Waals surface area contributed by atoms with Crippen LogP contribution in [0.1, 0.15) is 39.1 Å². The molecule has 0 bridgehead atoms. The Bertz CT molecular complexity index is 1790. The van der Waals surface area contributed by atoms with E-state index >= 15 is 0 Å². The van der Waals surface area contributed by atoms with Gasteiger partial charge in [-0.15, -0.1) is 11.3 Å². The highest BCUT2D eigenvalue weighted by molar-refractivity contribution is 7.15. The number of aryl methyl sites for hydroxylation is 1. The molecular weight excluding hydrogens is 627 g/mol. The van der Waals surface area contributed by atoms with Crippen molar-refractivity contribution in [3.8, 4) is 10.4 Å². The van der Waals surface area contributed by atoms with Crippen molar-refractivity contribution in [2.75, 3.05) is 13.7 Å². The minimum atomic E-state index is -1.77. The van der Waals surface area contributed by atoms with Crippen molar-refractivity contribution in [1.82, 2.24) is 0 Å². The van der Waals surface area contributed by atoms with Gasteiger partial charge in [-0.2, -0.15) is 0 Å². The fraction of sp³-hybridized carbons (Fsp3) is 0.275. The molecule has 248 valence electrons. The molecule has 1 saturated heterocycles. The highest BCUT2D eigenvalue weighted by Crippen LogP contribution is 2.46. The van der Waals surface area contributed by atoms with Crippen molar-refractivity contribution in [1.29, 1.82) is 0 Å². The summed E-state index contributed by atoms with van der Waals surface area (Å²) in [6.45, 7) is 1.89. The van der Waals surface area contributed by atoms with Gasteiger partial charge in [-0.3, -0.25) is 4.79 Å². The number of carbonyl (C=O) groups is 1. The van der Waals surface area contributed by atoms with Crippen LogP contribution < -0.4 is 0 Å². The largest absolute Gasteiger partial charge is 0.393 e. The fourth-order valence-electron chi connectivity index (χ4n) is 6.22. The Kier molecular flexibility index (Phi) is 10.6. The van der Waals surface area contributed by atoms with Crippen LogP contribution in [0.15, 0.2) is 115 Å². The third kappa shape index (κ3) is 7.34. The van der Waals surface area contributed by atoms with Crippen LogP contribution in [0.4, 0.5) is 4.39 Å². The molecule has 1 N–H and O–H groups in total. The summed E-state index contributed by atoms with van der Waals surface area (Å²) in [4.78, 5) is 15.2. The van der Waals surface area contributed by atoms with Crippen LogP contribution in [0.5, 0.6) is 0 Å². The van der Waals surface area contributed by atoms with E-state index in [9.17, 15) is 14.3 Å². The Hall–Kier alpha value is -4.02. The maximum absolute atomic E-state index is 13.5. The smallest absolute Gasteiger partial charge is 0.198 e. The number of thiophene rings is 1. The molecule has 1 aliphatic rings. The SMILES string of the molecule is CO[C@]1(c2ccc(C)c(Cc3ccc(-c4ccc(F)cc4)s3)c2)CC(OCc2ccccc2)[C@H](OCc2ccccc2)[C@](C=O)(CO)O1. The van der Waals surface area contributed by atoms with Crippen LogP contribution in [0.2, 0.25) is 0 Å². The third-order valence-electron chi connectivity index (χ3n) is 8.94. The average Bonchev–Trinajstić information content (AvgIpc) is 3.60. The molecule has 1 unspecified atom stereocenters. The van der Waals surface area contributed by atoms with Crippen LogP contribution >= 0.6 is 11.3 Å². The lowest BCUT2D eigenvalue weighted by molar-refractivity contribution is -0.357. The normalized spacial score (nSPS) is 22.4. The van der Waals surface area contributed by atoms with Crippen LogP contribution in [0.3, 0.4) is 0 Å². The molecule has 4 aromatic carbocycles. The van der Waals surface area contributed by atoms with E-state index in [0.29, 0.717) is 18.3 Å².